The van der Waals surface area contributed by atoms with Crippen LogP contribution in [0.15, 0.2) is 52.9 Å². The van der Waals surface area contributed by atoms with E-state index in [4.69, 9.17) is 14.9 Å². The molecule has 182 valence electrons. The Bertz CT molecular complexity index is 1370. The molecule has 0 atom stereocenters. The second-order valence-electron chi connectivity index (χ2n) is 7.89. The van der Waals surface area contributed by atoms with Crippen LogP contribution in [0, 0.1) is 6.92 Å². The quantitative estimate of drug-likeness (QED) is 0.396. The number of carbonyl (C=O) groups excluding carboxylic acids is 1. The smallest absolute Gasteiger partial charge is 0.433 e. The highest BCUT2D eigenvalue weighted by molar-refractivity contribution is 5.98. The maximum absolute atomic E-state index is 13.2. The fourth-order valence-electron chi connectivity index (χ4n) is 3.64. The van der Waals surface area contributed by atoms with Crippen LogP contribution in [0.3, 0.4) is 0 Å². The number of ether oxygens (including phenoxy) is 1. The van der Waals surface area contributed by atoms with Crippen molar-refractivity contribution >= 4 is 16.8 Å². The molecule has 4 rings (SSSR count). The van der Waals surface area contributed by atoms with Crippen LogP contribution in [0.2, 0.25) is 0 Å². The zero-order chi connectivity index (χ0) is 25.2. The molecule has 3 N–H and O–H groups in total. The van der Waals surface area contributed by atoms with Gasteiger partial charge in [-0.3, -0.25) is 4.79 Å². The number of oxazole rings is 1. The molecule has 0 aliphatic heterocycles. The molecule has 0 spiro atoms. The van der Waals surface area contributed by atoms with E-state index in [-0.39, 0.29) is 35.2 Å². The van der Waals surface area contributed by atoms with Crippen molar-refractivity contribution in [3.63, 3.8) is 0 Å². The number of amides is 1. The highest BCUT2D eigenvalue weighted by atomic mass is 19.4. The van der Waals surface area contributed by atoms with E-state index in [0.29, 0.717) is 23.9 Å². The molecule has 0 radical (unpaired) electrons. The summed E-state index contributed by atoms with van der Waals surface area (Å²) < 4.78 is 50.5. The predicted molar refractivity (Wildman–Crippen MR) is 124 cm³/mol. The average Bonchev–Trinajstić information content (AvgIpc) is 3.28. The molecule has 0 saturated heterocycles. The molecular formula is C25H23F3N4O3. The number of pyridine rings is 1. The van der Waals surface area contributed by atoms with Crippen molar-refractivity contribution in [2.45, 2.75) is 26.1 Å². The van der Waals surface area contributed by atoms with Gasteiger partial charge in [-0.1, -0.05) is 29.8 Å². The van der Waals surface area contributed by atoms with E-state index in [9.17, 15) is 18.0 Å². The number of alkyl halides is 3. The van der Waals surface area contributed by atoms with Gasteiger partial charge in [0.05, 0.1) is 13.7 Å². The van der Waals surface area contributed by atoms with Crippen LogP contribution >= 0.6 is 0 Å². The highest BCUT2D eigenvalue weighted by Gasteiger charge is 2.33. The van der Waals surface area contributed by atoms with E-state index >= 15 is 0 Å². The first-order valence-corrected chi connectivity index (χ1v) is 10.8. The van der Waals surface area contributed by atoms with Gasteiger partial charge in [0.15, 0.2) is 11.5 Å². The number of methoxy groups -OCH3 is 1. The fraction of sp³-hybridized carbons (Fsp3) is 0.240. The van der Waals surface area contributed by atoms with Gasteiger partial charge in [-0.2, -0.15) is 13.2 Å². The lowest BCUT2D eigenvalue weighted by Gasteiger charge is -2.11. The number of hydrogen-bond acceptors (Lipinski definition) is 6. The summed E-state index contributed by atoms with van der Waals surface area (Å²) in [4.78, 5) is 20.8. The SMILES string of the molecule is COc1ccc(-c2nc(C(=O)NCCc3ccc(C)cc3)c(CN)o2)c2ccc(C(F)(F)F)nc12. The number of nitrogens with two attached hydrogens (primary N) is 1. The van der Waals surface area contributed by atoms with Gasteiger partial charge in [0.1, 0.15) is 17.0 Å². The lowest BCUT2D eigenvalue weighted by molar-refractivity contribution is -0.140. The predicted octanol–water partition coefficient (Wildman–Crippen LogP) is 4.66. The third-order valence-electron chi connectivity index (χ3n) is 5.48. The standard InChI is InChI=1S/C25H23F3N4O3/c1-14-3-5-15(6-4-14)11-12-30-23(33)22-19(13-29)35-24(32-22)17-7-9-18(34-2)21-16(17)8-10-20(31-21)25(26,27)28/h3-10H,11-13,29H2,1-2H3,(H,30,33). The van der Waals surface area contributed by atoms with Gasteiger partial charge in [0.25, 0.3) is 5.91 Å². The largest absolute Gasteiger partial charge is 0.494 e. The topological polar surface area (TPSA) is 103 Å². The van der Waals surface area contributed by atoms with Crippen LogP contribution in [-0.4, -0.2) is 29.5 Å². The minimum atomic E-state index is -4.62. The summed E-state index contributed by atoms with van der Waals surface area (Å²) in [6.07, 6.45) is -3.99. The second-order valence-corrected chi connectivity index (χ2v) is 7.89. The Morgan fingerprint density at radius 1 is 1.09 bits per heavy atom. The first-order valence-electron chi connectivity index (χ1n) is 10.8. The zero-order valence-corrected chi connectivity index (χ0v) is 19.1. The van der Waals surface area contributed by atoms with Crippen LogP contribution in [0.25, 0.3) is 22.4 Å². The maximum Gasteiger partial charge on any atom is 0.433 e. The molecule has 2 aromatic carbocycles. The molecule has 1 amide bonds. The molecule has 4 aromatic rings. The van der Waals surface area contributed by atoms with Crippen molar-refractivity contribution < 1.29 is 27.1 Å². The van der Waals surface area contributed by atoms with E-state index in [1.807, 2.05) is 31.2 Å². The molecule has 0 fully saturated rings. The van der Waals surface area contributed by atoms with E-state index in [0.717, 1.165) is 17.2 Å². The molecule has 0 aliphatic carbocycles. The summed E-state index contributed by atoms with van der Waals surface area (Å²) in [5.74, 6) is -0.0857. The Balaban J connectivity index is 1.63. The summed E-state index contributed by atoms with van der Waals surface area (Å²) in [5.41, 5.74) is 7.32. The molecule has 35 heavy (non-hydrogen) atoms. The first-order chi connectivity index (χ1) is 16.7. The number of aromatic nitrogens is 2. The fourth-order valence-corrected chi connectivity index (χ4v) is 3.64. The Labute approximate surface area is 199 Å². The van der Waals surface area contributed by atoms with Crippen LogP contribution in [-0.2, 0) is 19.1 Å². The maximum atomic E-state index is 13.2. The third-order valence-corrected chi connectivity index (χ3v) is 5.48. The Kier molecular flexibility index (Phi) is 6.74. The van der Waals surface area contributed by atoms with Gasteiger partial charge in [-0.05, 0) is 43.2 Å². The summed E-state index contributed by atoms with van der Waals surface area (Å²) in [6.45, 7) is 2.29. The second kappa shape index (κ2) is 9.75. The summed E-state index contributed by atoms with van der Waals surface area (Å²) in [5, 5.41) is 3.13. The molecule has 2 heterocycles. The molecule has 0 aliphatic rings. The number of nitrogens with zero attached hydrogens (tertiary/aromatic N) is 2. The van der Waals surface area contributed by atoms with Crippen molar-refractivity contribution in [1.82, 2.24) is 15.3 Å². The number of aryl methyl sites for hydroxylation is 1. The number of hydrogen-bond donors (Lipinski definition) is 2. The zero-order valence-electron chi connectivity index (χ0n) is 19.1. The molecule has 0 bridgehead atoms. The number of benzene rings is 2. The Morgan fingerprint density at radius 3 is 2.49 bits per heavy atom. The Morgan fingerprint density at radius 2 is 1.83 bits per heavy atom. The van der Waals surface area contributed by atoms with Crippen molar-refractivity contribution in [1.29, 1.82) is 0 Å². The first kappa shape index (κ1) is 24.2. The third kappa shape index (κ3) is 5.12. The number of nitrogens with one attached hydrogen (secondary N) is 1. The van der Waals surface area contributed by atoms with Gasteiger partial charge < -0.3 is 20.2 Å². The van der Waals surface area contributed by atoms with Gasteiger partial charge in [0, 0.05) is 17.5 Å². The van der Waals surface area contributed by atoms with E-state index in [1.165, 1.54) is 19.2 Å². The minimum Gasteiger partial charge on any atom is -0.494 e. The van der Waals surface area contributed by atoms with Gasteiger partial charge in [-0.15, -0.1) is 0 Å². The molecule has 0 unspecified atom stereocenters. The van der Waals surface area contributed by atoms with Crippen LogP contribution < -0.4 is 15.8 Å². The molecule has 2 aromatic heterocycles. The van der Waals surface area contributed by atoms with Gasteiger partial charge in [-0.25, -0.2) is 9.97 Å². The van der Waals surface area contributed by atoms with Crippen molar-refractivity contribution in [2.75, 3.05) is 13.7 Å². The van der Waals surface area contributed by atoms with E-state index in [1.54, 1.807) is 6.07 Å². The van der Waals surface area contributed by atoms with E-state index < -0.39 is 17.8 Å². The lowest BCUT2D eigenvalue weighted by atomic mass is 10.1. The molecule has 10 heteroatoms. The summed E-state index contributed by atoms with van der Waals surface area (Å²) >= 11 is 0. The summed E-state index contributed by atoms with van der Waals surface area (Å²) in [7, 11) is 1.34. The molecule has 0 saturated carbocycles. The number of rotatable bonds is 7. The van der Waals surface area contributed by atoms with Crippen molar-refractivity contribution in [2.24, 2.45) is 5.73 Å². The van der Waals surface area contributed by atoms with Crippen LogP contribution in [0.4, 0.5) is 13.2 Å². The normalized spacial score (nSPS) is 11.6. The van der Waals surface area contributed by atoms with Crippen LogP contribution in [0.1, 0.15) is 33.1 Å². The number of carbonyl (C=O) groups is 1. The molecule has 7 nitrogen and oxygen atoms in total. The highest BCUT2D eigenvalue weighted by Crippen LogP contribution is 2.36. The average molecular weight is 484 g/mol. The number of fused-ring (bicyclic) bond motifs is 1. The Hall–Kier alpha value is -3.92. The molecular weight excluding hydrogens is 461 g/mol. The monoisotopic (exact) mass is 484 g/mol. The van der Waals surface area contributed by atoms with Crippen LogP contribution in [0.5, 0.6) is 5.75 Å². The minimum absolute atomic E-state index is 0.00331. The van der Waals surface area contributed by atoms with Gasteiger partial charge in [0.2, 0.25) is 5.89 Å². The lowest BCUT2D eigenvalue weighted by Crippen LogP contribution is -2.27. The van der Waals surface area contributed by atoms with Crippen molar-refractivity contribution in [3.05, 3.63) is 76.8 Å². The van der Waals surface area contributed by atoms with E-state index in [2.05, 4.69) is 15.3 Å². The van der Waals surface area contributed by atoms with Crippen molar-refractivity contribution in [3.8, 4) is 17.2 Å². The number of halogens is 3. The summed E-state index contributed by atoms with van der Waals surface area (Å²) in [6, 6.07) is 13.2. The van der Waals surface area contributed by atoms with Gasteiger partial charge >= 0.3 is 6.18 Å².